The maximum absolute atomic E-state index is 12.1. The smallest absolute Gasteiger partial charge is 0.326 e. The first-order chi connectivity index (χ1) is 10.9. The Bertz CT molecular complexity index is 831. The Hall–Kier alpha value is -3.30. The number of carboxylic acids is 2. The number of hydrogen-bond donors (Lipinski definition) is 3. The number of carbonyl (C=O) groups is 3. The molecule has 0 aliphatic rings. The average Bonchev–Trinajstić information content (AvgIpc) is 2.49. The van der Waals surface area contributed by atoms with E-state index in [0.29, 0.717) is 5.52 Å². The molecule has 23 heavy (non-hydrogen) atoms. The minimum Gasteiger partial charge on any atom is -0.481 e. The highest BCUT2D eigenvalue weighted by molar-refractivity contribution is 5.86. The Morgan fingerprint density at radius 1 is 1.22 bits per heavy atom. The number of fused-ring (bicyclic) bond motifs is 1. The zero-order chi connectivity index (χ0) is 17.0. The molecule has 1 atom stereocenters. The van der Waals surface area contributed by atoms with Crippen LogP contribution < -0.4 is 10.9 Å². The van der Waals surface area contributed by atoms with E-state index < -0.39 is 42.4 Å². The monoisotopic (exact) mass is 320 g/mol. The molecule has 0 radical (unpaired) electrons. The van der Waals surface area contributed by atoms with Crippen molar-refractivity contribution >= 4 is 28.7 Å². The van der Waals surface area contributed by atoms with E-state index in [1.807, 2.05) is 5.32 Å². The van der Waals surface area contributed by atoms with Gasteiger partial charge in [-0.2, -0.15) is 0 Å². The lowest BCUT2D eigenvalue weighted by Crippen LogP contribution is -2.44. The van der Waals surface area contributed by atoms with Crippen molar-refractivity contribution in [3.05, 3.63) is 34.6 Å². The Morgan fingerprint density at radius 2 is 1.91 bits per heavy atom. The number of nitrogens with zero attached hydrogens (tertiary/aromatic N) is 3. The molecule has 0 aliphatic carbocycles. The van der Waals surface area contributed by atoms with Crippen molar-refractivity contribution < 1.29 is 24.6 Å². The summed E-state index contributed by atoms with van der Waals surface area (Å²) >= 11 is 0. The molecule has 10 heteroatoms. The van der Waals surface area contributed by atoms with Crippen molar-refractivity contribution in [1.82, 2.24) is 20.3 Å². The zero-order valence-electron chi connectivity index (χ0n) is 11.7. The Kier molecular flexibility index (Phi) is 4.64. The Balaban J connectivity index is 2.17. The first-order valence-electron chi connectivity index (χ1n) is 6.45. The lowest BCUT2D eigenvalue weighted by Gasteiger charge is -2.12. The second kappa shape index (κ2) is 6.64. The van der Waals surface area contributed by atoms with E-state index >= 15 is 0 Å². The van der Waals surface area contributed by atoms with Crippen LogP contribution in [0, 0.1) is 0 Å². The third kappa shape index (κ3) is 3.87. The summed E-state index contributed by atoms with van der Waals surface area (Å²) < 4.78 is 0.775. The van der Waals surface area contributed by atoms with Gasteiger partial charge in [0.25, 0.3) is 5.56 Å². The SMILES string of the molecule is O=C(O)C[C@H](NC(=O)Cn1nnc2ccccc2c1=O)C(=O)O. The highest BCUT2D eigenvalue weighted by Crippen LogP contribution is 2.03. The lowest BCUT2D eigenvalue weighted by atomic mass is 10.2. The van der Waals surface area contributed by atoms with Crippen molar-refractivity contribution in [2.75, 3.05) is 0 Å². The first kappa shape index (κ1) is 16.1. The van der Waals surface area contributed by atoms with Crippen molar-refractivity contribution in [3.63, 3.8) is 0 Å². The number of carboxylic acid groups (broad SMARTS) is 2. The summed E-state index contributed by atoms with van der Waals surface area (Å²) in [4.78, 5) is 45.4. The van der Waals surface area contributed by atoms with E-state index in [9.17, 15) is 19.2 Å². The topological polar surface area (TPSA) is 151 Å². The van der Waals surface area contributed by atoms with Crippen LogP contribution in [-0.2, 0) is 20.9 Å². The van der Waals surface area contributed by atoms with Gasteiger partial charge in [-0.1, -0.05) is 17.3 Å². The number of amides is 1. The van der Waals surface area contributed by atoms with Gasteiger partial charge >= 0.3 is 11.9 Å². The molecule has 0 unspecified atom stereocenters. The molecule has 0 saturated carbocycles. The third-order valence-corrected chi connectivity index (χ3v) is 2.93. The fourth-order valence-corrected chi connectivity index (χ4v) is 1.88. The molecule has 1 amide bonds. The van der Waals surface area contributed by atoms with Gasteiger partial charge in [-0.25, -0.2) is 9.48 Å². The van der Waals surface area contributed by atoms with E-state index in [0.717, 1.165) is 4.68 Å². The van der Waals surface area contributed by atoms with Crippen LogP contribution in [0.5, 0.6) is 0 Å². The van der Waals surface area contributed by atoms with E-state index in [1.54, 1.807) is 18.2 Å². The third-order valence-electron chi connectivity index (χ3n) is 2.93. The summed E-state index contributed by atoms with van der Waals surface area (Å²) in [6, 6.07) is 4.82. The Morgan fingerprint density at radius 3 is 2.57 bits per heavy atom. The molecule has 0 bridgehead atoms. The number of benzene rings is 1. The van der Waals surface area contributed by atoms with Crippen LogP contribution in [0.1, 0.15) is 6.42 Å². The van der Waals surface area contributed by atoms with Gasteiger partial charge < -0.3 is 15.5 Å². The minimum atomic E-state index is -1.59. The van der Waals surface area contributed by atoms with Gasteiger partial charge in [-0.15, -0.1) is 5.10 Å². The highest BCUT2D eigenvalue weighted by Gasteiger charge is 2.23. The number of aromatic nitrogens is 3. The zero-order valence-corrected chi connectivity index (χ0v) is 11.7. The maximum atomic E-state index is 12.1. The fraction of sp³-hybridized carbons (Fsp3) is 0.231. The fourth-order valence-electron chi connectivity index (χ4n) is 1.88. The normalized spacial score (nSPS) is 11.8. The Labute approximate surface area is 128 Å². The number of carbonyl (C=O) groups excluding carboxylic acids is 1. The van der Waals surface area contributed by atoms with Crippen molar-refractivity contribution in [2.24, 2.45) is 0 Å². The second-order valence-corrected chi connectivity index (χ2v) is 4.63. The van der Waals surface area contributed by atoms with Crippen molar-refractivity contribution in [2.45, 2.75) is 19.0 Å². The second-order valence-electron chi connectivity index (χ2n) is 4.63. The van der Waals surface area contributed by atoms with E-state index in [2.05, 4.69) is 10.3 Å². The molecule has 10 nitrogen and oxygen atoms in total. The molecule has 0 spiro atoms. The summed E-state index contributed by atoms with van der Waals surface area (Å²) in [5, 5.41) is 27.1. The molecule has 2 rings (SSSR count). The van der Waals surface area contributed by atoms with Crippen LogP contribution in [0.15, 0.2) is 29.1 Å². The van der Waals surface area contributed by atoms with Crippen molar-refractivity contribution in [3.8, 4) is 0 Å². The van der Waals surface area contributed by atoms with Crippen LogP contribution in [0.25, 0.3) is 10.9 Å². The van der Waals surface area contributed by atoms with E-state index in [-0.39, 0.29) is 5.39 Å². The molecule has 3 N–H and O–H groups in total. The molecular weight excluding hydrogens is 308 g/mol. The molecule has 0 aliphatic heterocycles. The predicted molar refractivity (Wildman–Crippen MR) is 75.6 cm³/mol. The van der Waals surface area contributed by atoms with Crippen LogP contribution in [0.3, 0.4) is 0 Å². The standard InChI is InChI=1S/C13H12N4O6/c18-10(14-9(13(22)23)5-11(19)20)6-17-12(21)7-3-1-2-4-8(7)15-16-17/h1-4,9H,5-6H2,(H,14,18)(H,19,20)(H,22,23)/t9-/m0/s1. The van der Waals surface area contributed by atoms with Crippen molar-refractivity contribution in [1.29, 1.82) is 0 Å². The minimum absolute atomic E-state index is 0.260. The molecule has 2 aromatic rings. The molecule has 1 heterocycles. The average molecular weight is 320 g/mol. The first-order valence-corrected chi connectivity index (χ1v) is 6.45. The van der Waals surface area contributed by atoms with Gasteiger partial charge in [-0.3, -0.25) is 14.4 Å². The number of rotatable bonds is 6. The number of nitrogens with one attached hydrogen (secondary N) is 1. The maximum Gasteiger partial charge on any atom is 0.326 e. The van der Waals surface area contributed by atoms with Gasteiger partial charge in [0.15, 0.2) is 0 Å². The predicted octanol–water partition coefficient (Wildman–Crippen LogP) is -1.16. The largest absolute Gasteiger partial charge is 0.481 e. The van der Waals surface area contributed by atoms with Crippen LogP contribution in [0.2, 0.25) is 0 Å². The van der Waals surface area contributed by atoms with E-state index in [1.165, 1.54) is 6.07 Å². The highest BCUT2D eigenvalue weighted by atomic mass is 16.4. The summed E-state index contributed by atoms with van der Waals surface area (Å²) in [5.41, 5.74) is -0.195. The van der Waals surface area contributed by atoms with Crippen LogP contribution in [0.4, 0.5) is 0 Å². The van der Waals surface area contributed by atoms with Crippen LogP contribution >= 0.6 is 0 Å². The number of hydrogen-bond acceptors (Lipinski definition) is 6. The van der Waals surface area contributed by atoms with E-state index in [4.69, 9.17) is 10.2 Å². The molecule has 0 saturated heterocycles. The number of aliphatic carboxylic acids is 2. The van der Waals surface area contributed by atoms with Gasteiger partial charge in [0.1, 0.15) is 18.1 Å². The molecular formula is C13H12N4O6. The van der Waals surface area contributed by atoms with Gasteiger partial charge in [-0.05, 0) is 12.1 Å². The molecule has 1 aromatic heterocycles. The lowest BCUT2D eigenvalue weighted by molar-refractivity contribution is -0.147. The summed E-state index contributed by atoms with van der Waals surface area (Å²) in [7, 11) is 0. The van der Waals surface area contributed by atoms with Gasteiger partial charge in [0, 0.05) is 0 Å². The summed E-state index contributed by atoms with van der Waals surface area (Å²) in [6.07, 6.45) is -0.778. The van der Waals surface area contributed by atoms with Gasteiger partial charge in [0.2, 0.25) is 5.91 Å². The molecule has 0 fully saturated rings. The quantitative estimate of drug-likeness (QED) is 0.602. The molecule has 1 aromatic carbocycles. The van der Waals surface area contributed by atoms with Gasteiger partial charge in [0.05, 0.1) is 11.8 Å². The summed E-state index contributed by atoms with van der Waals surface area (Å²) in [5.74, 6) is -3.72. The molecule has 120 valence electrons. The van der Waals surface area contributed by atoms with Crippen LogP contribution in [-0.4, -0.2) is 49.1 Å². The summed E-state index contributed by atoms with van der Waals surface area (Å²) in [6.45, 7) is -0.569.